The Kier molecular flexibility index (Phi) is 3.61. The SMILES string of the molecule is Cc1ccc(-c2cc[n+](C)c(-c3c(C)ccc4c3OCC4)c2)cc1. The molecule has 2 heterocycles. The van der Waals surface area contributed by atoms with E-state index in [1.807, 2.05) is 0 Å². The average molecular weight is 316 g/mol. The van der Waals surface area contributed by atoms with Crippen molar-refractivity contribution in [1.29, 1.82) is 0 Å². The first-order valence-electron chi connectivity index (χ1n) is 8.46. The van der Waals surface area contributed by atoms with Gasteiger partial charge in [0.1, 0.15) is 12.8 Å². The van der Waals surface area contributed by atoms with Crippen LogP contribution in [0.15, 0.2) is 54.7 Å². The smallest absolute Gasteiger partial charge is 0.216 e. The summed E-state index contributed by atoms with van der Waals surface area (Å²) in [5.74, 6) is 1.06. The lowest BCUT2D eigenvalue weighted by Crippen LogP contribution is -2.30. The molecule has 4 rings (SSSR count). The third-order valence-electron chi connectivity index (χ3n) is 4.86. The van der Waals surface area contributed by atoms with Crippen LogP contribution in [0.2, 0.25) is 0 Å². The van der Waals surface area contributed by atoms with Crippen LogP contribution in [0.25, 0.3) is 22.4 Å². The maximum atomic E-state index is 5.97. The quantitative estimate of drug-likeness (QED) is 0.639. The van der Waals surface area contributed by atoms with Crippen LogP contribution in [-0.2, 0) is 13.5 Å². The topological polar surface area (TPSA) is 13.1 Å². The second-order valence-corrected chi connectivity index (χ2v) is 6.62. The van der Waals surface area contributed by atoms with E-state index in [9.17, 15) is 0 Å². The second-order valence-electron chi connectivity index (χ2n) is 6.62. The van der Waals surface area contributed by atoms with Gasteiger partial charge in [-0.15, -0.1) is 0 Å². The monoisotopic (exact) mass is 316 g/mol. The van der Waals surface area contributed by atoms with E-state index < -0.39 is 0 Å². The summed E-state index contributed by atoms with van der Waals surface area (Å²) < 4.78 is 8.15. The molecule has 0 N–H and O–H groups in total. The Morgan fingerprint density at radius 2 is 1.71 bits per heavy atom. The van der Waals surface area contributed by atoms with Crippen LogP contribution < -0.4 is 9.30 Å². The van der Waals surface area contributed by atoms with Crippen molar-refractivity contribution >= 4 is 0 Å². The molecule has 1 aromatic heterocycles. The number of aromatic nitrogens is 1. The number of hydrogen-bond donors (Lipinski definition) is 0. The minimum atomic E-state index is 0.785. The standard InChI is InChI=1S/C22H22NO/c1-15-4-7-17(8-5-15)19-10-12-23(3)20(14-19)21-16(2)6-9-18-11-13-24-22(18)21/h4-10,12,14H,11,13H2,1-3H3/q+1. The van der Waals surface area contributed by atoms with Crippen molar-refractivity contribution in [2.24, 2.45) is 7.05 Å². The average Bonchev–Trinajstić information content (AvgIpc) is 3.05. The van der Waals surface area contributed by atoms with Crippen molar-refractivity contribution in [1.82, 2.24) is 0 Å². The maximum Gasteiger partial charge on any atom is 0.216 e. The molecule has 0 atom stereocenters. The Hall–Kier alpha value is -2.61. The maximum absolute atomic E-state index is 5.97. The van der Waals surface area contributed by atoms with Gasteiger partial charge in [0.05, 0.1) is 12.2 Å². The number of hydrogen-bond acceptors (Lipinski definition) is 1. The van der Waals surface area contributed by atoms with E-state index in [2.05, 4.69) is 80.2 Å². The van der Waals surface area contributed by atoms with Crippen LogP contribution in [0.5, 0.6) is 5.75 Å². The van der Waals surface area contributed by atoms with E-state index in [-0.39, 0.29) is 0 Å². The minimum absolute atomic E-state index is 0.785. The fraction of sp³-hybridized carbons (Fsp3) is 0.227. The van der Waals surface area contributed by atoms with Gasteiger partial charge >= 0.3 is 0 Å². The number of benzene rings is 2. The molecule has 2 nitrogen and oxygen atoms in total. The highest BCUT2D eigenvalue weighted by atomic mass is 16.5. The summed E-state index contributed by atoms with van der Waals surface area (Å²) in [6.45, 7) is 5.07. The Labute approximate surface area is 143 Å². The molecule has 0 unspecified atom stereocenters. The summed E-state index contributed by atoms with van der Waals surface area (Å²) in [5, 5.41) is 0. The first-order valence-corrected chi connectivity index (χ1v) is 8.46. The molecular formula is C22H22NO+. The minimum Gasteiger partial charge on any atom is -0.492 e. The summed E-state index contributed by atoms with van der Waals surface area (Å²) in [5.41, 5.74) is 8.76. The Morgan fingerprint density at radius 3 is 2.50 bits per heavy atom. The Bertz CT molecular complexity index is 910. The molecule has 1 aliphatic heterocycles. The third-order valence-corrected chi connectivity index (χ3v) is 4.86. The van der Waals surface area contributed by atoms with E-state index in [0.717, 1.165) is 18.8 Å². The molecule has 120 valence electrons. The van der Waals surface area contributed by atoms with Crippen LogP contribution >= 0.6 is 0 Å². The molecule has 2 aromatic carbocycles. The van der Waals surface area contributed by atoms with Crippen LogP contribution in [-0.4, -0.2) is 6.61 Å². The van der Waals surface area contributed by atoms with Gasteiger partial charge in [-0.3, -0.25) is 0 Å². The number of pyridine rings is 1. The number of fused-ring (bicyclic) bond motifs is 1. The normalized spacial score (nSPS) is 12.8. The van der Waals surface area contributed by atoms with Gasteiger partial charge in [-0.25, -0.2) is 4.57 Å². The van der Waals surface area contributed by atoms with Crippen molar-refractivity contribution in [3.63, 3.8) is 0 Å². The van der Waals surface area contributed by atoms with Crippen LogP contribution in [0.4, 0.5) is 0 Å². The van der Waals surface area contributed by atoms with E-state index in [1.54, 1.807) is 0 Å². The van der Waals surface area contributed by atoms with Gasteiger partial charge in [0, 0.05) is 18.6 Å². The van der Waals surface area contributed by atoms with Gasteiger partial charge in [0.25, 0.3) is 0 Å². The van der Waals surface area contributed by atoms with Gasteiger partial charge in [-0.1, -0.05) is 42.0 Å². The third kappa shape index (κ3) is 2.48. The van der Waals surface area contributed by atoms with Gasteiger partial charge in [-0.05, 0) is 36.1 Å². The molecule has 3 aromatic rings. The molecule has 1 aliphatic rings. The first kappa shape index (κ1) is 14.9. The lowest BCUT2D eigenvalue weighted by atomic mass is 9.97. The molecule has 0 saturated heterocycles. The lowest BCUT2D eigenvalue weighted by molar-refractivity contribution is -0.660. The van der Waals surface area contributed by atoms with Crippen LogP contribution in [0, 0.1) is 13.8 Å². The number of nitrogens with zero attached hydrogens (tertiary/aromatic N) is 1. The van der Waals surface area contributed by atoms with Crippen molar-refractivity contribution < 1.29 is 9.30 Å². The molecule has 0 saturated carbocycles. The van der Waals surface area contributed by atoms with E-state index in [1.165, 1.54) is 39.1 Å². The predicted molar refractivity (Wildman–Crippen MR) is 97.2 cm³/mol. The first-order chi connectivity index (χ1) is 11.6. The van der Waals surface area contributed by atoms with E-state index >= 15 is 0 Å². The largest absolute Gasteiger partial charge is 0.492 e. The summed E-state index contributed by atoms with van der Waals surface area (Å²) in [6.07, 6.45) is 3.14. The van der Waals surface area contributed by atoms with Gasteiger partial charge < -0.3 is 4.74 Å². The predicted octanol–water partition coefficient (Wildman–Crippen LogP) is 4.40. The fourth-order valence-electron chi connectivity index (χ4n) is 3.41. The molecule has 24 heavy (non-hydrogen) atoms. The van der Waals surface area contributed by atoms with Crippen LogP contribution in [0.1, 0.15) is 16.7 Å². The molecule has 0 spiro atoms. The highest BCUT2D eigenvalue weighted by Gasteiger charge is 2.24. The zero-order valence-electron chi connectivity index (χ0n) is 14.5. The summed E-state index contributed by atoms with van der Waals surface area (Å²) in [7, 11) is 2.10. The van der Waals surface area contributed by atoms with Gasteiger partial charge in [-0.2, -0.15) is 0 Å². The fourth-order valence-corrected chi connectivity index (χ4v) is 3.41. The molecule has 0 bridgehead atoms. The highest BCUT2D eigenvalue weighted by Crippen LogP contribution is 2.38. The molecule has 0 amide bonds. The van der Waals surface area contributed by atoms with E-state index in [0.29, 0.717) is 0 Å². The zero-order valence-corrected chi connectivity index (χ0v) is 14.5. The number of rotatable bonds is 2. The van der Waals surface area contributed by atoms with E-state index in [4.69, 9.17) is 4.74 Å². The highest BCUT2D eigenvalue weighted by molar-refractivity contribution is 5.75. The lowest BCUT2D eigenvalue weighted by Gasteiger charge is -2.11. The molecule has 2 heteroatoms. The molecular weight excluding hydrogens is 294 g/mol. The molecule has 0 aliphatic carbocycles. The molecule has 0 radical (unpaired) electrons. The van der Waals surface area contributed by atoms with Crippen molar-refractivity contribution in [2.75, 3.05) is 6.61 Å². The number of ether oxygens (including phenoxy) is 1. The van der Waals surface area contributed by atoms with Crippen LogP contribution in [0.3, 0.4) is 0 Å². The molecule has 0 fully saturated rings. The second kappa shape index (κ2) is 5.79. The summed E-state index contributed by atoms with van der Waals surface area (Å²) >= 11 is 0. The van der Waals surface area contributed by atoms with Gasteiger partial charge in [0.15, 0.2) is 6.20 Å². The van der Waals surface area contributed by atoms with Gasteiger partial charge in [0.2, 0.25) is 5.69 Å². The zero-order chi connectivity index (χ0) is 16.7. The number of aryl methyl sites for hydroxylation is 3. The van der Waals surface area contributed by atoms with Crippen molar-refractivity contribution in [2.45, 2.75) is 20.3 Å². The Morgan fingerprint density at radius 1 is 0.917 bits per heavy atom. The summed E-state index contributed by atoms with van der Waals surface area (Å²) in [4.78, 5) is 0. The Balaban J connectivity index is 1.89. The summed E-state index contributed by atoms with van der Waals surface area (Å²) in [6, 6.07) is 17.6. The van der Waals surface area contributed by atoms with Crippen molar-refractivity contribution in [3.8, 4) is 28.1 Å². The van der Waals surface area contributed by atoms with Crippen molar-refractivity contribution in [3.05, 3.63) is 71.4 Å².